The predicted octanol–water partition coefficient (Wildman–Crippen LogP) is 2.18. The second-order valence-electron chi connectivity index (χ2n) is 5.52. The number of aliphatic hydroxyl groups excluding tert-OH is 1. The lowest BCUT2D eigenvalue weighted by molar-refractivity contribution is -0.384. The highest BCUT2D eigenvalue weighted by molar-refractivity contribution is 5.82. The number of nitro benzene ring substituents is 1. The van der Waals surface area contributed by atoms with E-state index < -0.39 is 0 Å². The topological polar surface area (TPSA) is 71.5 Å². The quantitative estimate of drug-likeness (QED) is 0.691. The van der Waals surface area contributed by atoms with Crippen LogP contribution in [0.25, 0.3) is 10.9 Å². The third-order valence-electron chi connectivity index (χ3n) is 4.28. The van der Waals surface area contributed by atoms with Crippen LogP contribution in [-0.4, -0.2) is 45.7 Å². The fourth-order valence-corrected chi connectivity index (χ4v) is 3.15. The second kappa shape index (κ2) is 5.83. The molecule has 1 aliphatic heterocycles. The van der Waals surface area contributed by atoms with Gasteiger partial charge in [-0.1, -0.05) is 0 Å². The number of β-amino-alcohol motifs (C(OH)–C–C–N with tert-alkyl or cyclic N) is 1. The highest BCUT2D eigenvalue weighted by atomic mass is 16.6. The molecule has 1 aromatic heterocycles. The van der Waals surface area contributed by atoms with Crippen molar-refractivity contribution in [1.82, 2.24) is 9.47 Å². The van der Waals surface area contributed by atoms with Gasteiger partial charge in [-0.05, 0) is 25.0 Å². The number of rotatable bonds is 4. The maximum atomic E-state index is 10.8. The maximum Gasteiger partial charge on any atom is 0.270 e. The molecule has 112 valence electrons. The van der Waals surface area contributed by atoms with Gasteiger partial charge in [0.2, 0.25) is 0 Å². The van der Waals surface area contributed by atoms with E-state index in [-0.39, 0.29) is 17.2 Å². The molecule has 0 spiro atoms. The van der Waals surface area contributed by atoms with Crippen LogP contribution in [0.2, 0.25) is 0 Å². The first-order chi connectivity index (χ1) is 10.2. The van der Waals surface area contributed by atoms with E-state index in [0.717, 1.165) is 43.4 Å². The van der Waals surface area contributed by atoms with Crippen molar-refractivity contribution in [3.8, 4) is 0 Å². The van der Waals surface area contributed by atoms with Crippen LogP contribution in [0.1, 0.15) is 18.9 Å². The van der Waals surface area contributed by atoms with Crippen molar-refractivity contribution in [2.45, 2.75) is 18.9 Å². The van der Waals surface area contributed by atoms with Gasteiger partial charge in [0.25, 0.3) is 5.69 Å². The number of hydrogen-bond donors (Lipinski definition) is 1. The first kappa shape index (κ1) is 14.0. The number of aromatic nitrogens is 1. The molecule has 0 bridgehead atoms. The van der Waals surface area contributed by atoms with Crippen molar-refractivity contribution in [1.29, 1.82) is 0 Å². The van der Waals surface area contributed by atoms with Crippen molar-refractivity contribution in [3.63, 3.8) is 0 Å². The highest BCUT2D eigenvalue weighted by Gasteiger charge is 2.21. The Hall–Kier alpha value is -1.92. The van der Waals surface area contributed by atoms with Gasteiger partial charge in [-0.2, -0.15) is 0 Å². The number of likely N-dealkylation sites (tertiary alicyclic amines) is 1. The molecule has 0 aliphatic carbocycles. The van der Waals surface area contributed by atoms with Gasteiger partial charge >= 0.3 is 0 Å². The zero-order chi connectivity index (χ0) is 14.8. The minimum atomic E-state index is -0.357. The van der Waals surface area contributed by atoms with Crippen molar-refractivity contribution < 1.29 is 10.0 Å². The molecule has 0 radical (unpaired) electrons. The molecule has 6 heteroatoms. The van der Waals surface area contributed by atoms with E-state index in [0.29, 0.717) is 6.04 Å². The number of fused-ring (bicyclic) bond motifs is 1. The summed E-state index contributed by atoms with van der Waals surface area (Å²) in [5.41, 5.74) is 1.19. The molecule has 0 atom stereocenters. The Balaban J connectivity index is 1.80. The van der Waals surface area contributed by atoms with E-state index in [1.54, 1.807) is 12.1 Å². The zero-order valence-electron chi connectivity index (χ0n) is 11.8. The molecule has 1 fully saturated rings. The van der Waals surface area contributed by atoms with Gasteiger partial charge in [-0.25, -0.2) is 0 Å². The number of hydrogen-bond acceptors (Lipinski definition) is 4. The summed E-state index contributed by atoms with van der Waals surface area (Å²) in [6.45, 7) is 2.92. The maximum absolute atomic E-state index is 10.8. The van der Waals surface area contributed by atoms with E-state index in [1.807, 2.05) is 18.3 Å². The van der Waals surface area contributed by atoms with E-state index >= 15 is 0 Å². The fraction of sp³-hybridized carbons (Fsp3) is 0.467. The molecule has 21 heavy (non-hydrogen) atoms. The van der Waals surface area contributed by atoms with Crippen molar-refractivity contribution >= 4 is 16.6 Å². The molecule has 2 aromatic rings. The summed E-state index contributed by atoms with van der Waals surface area (Å²) in [6.07, 6.45) is 4.11. The summed E-state index contributed by atoms with van der Waals surface area (Å²) in [5, 5.41) is 20.7. The molecule has 1 N–H and O–H groups in total. The Morgan fingerprint density at radius 1 is 1.29 bits per heavy atom. The van der Waals surface area contributed by atoms with E-state index in [4.69, 9.17) is 5.11 Å². The Kier molecular flexibility index (Phi) is 3.90. The predicted molar refractivity (Wildman–Crippen MR) is 80.4 cm³/mol. The Morgan fingerprint density at radius 2 is 2.05 bits per heavy atom. The van der Waals surface area contributed by atoms with Gasteiger partial charge in [-0.15, -0.1) is 0 Å². The average molecular weight is 289 g/mol. The van der Waals surface area contributed by atoms with Crippen LogP contribution in [0.5, 0.6) is 0 Å². The number of nitro groups is 1. The first-order valence-electron chi connectivity index (χ1n) is 7.27. The highest BCUT2D eigenvalue weighted by Crippen LogP contribution is 2.29. The average Bonchev–Trinajstić information content (AvgIpc) is 2.91. The molecule has 3 rings (SSSR count). The standard InChI is InChI=1S/C15H19N3O3/c19-10-9-16-6-4-13(5-7-16)17-8-3-12-11-14(18(20)21)1-2-15(12)17/h1-3,8,11,13,19H,4-7,9-10H2. The summed E-state index contributed by atoms with van der Waals surface area (Å²) in [7, 11) is 0. The Morgan fingerprint density at radius 3 is 2.71 bits per heavy atom. The van der Waals surface area contributed by atoms with Gasteiger partial charge in [0.05, 0.1) is 11.5 Å². The van der Waals surface area contributed by atoms with Gasteiger partial charge in [0, 0.05) is 54.9 Å². The first-order valence-corrected chi connectivity index (χ1v) is 7.27. The third kappa shape index (κ3) is 2.77. The lowest BCUT2D eigenvalue weighted by Gasteiger charge is -2.32. The van der Waals surface area contributed by atoms with E-state index in [2.05, 4.69) is 9.47 Å². The van der Waals surface area contributed by atoms with Crippen LogP contribution in [0.3, 0.4) is 0 Å². The van der Waals surface area contributed by atoms with Crippen LogP contribution in [0, 0.1) is 10.1 Å². The lowest BCUT2D eigenvalue weighted by Crippen LogP contribution is -2.36. The summed E-state index contributed by atoms with van der Waals surface area (Å²) in [5.74, 6) is 0. The molecule has 1 saturated heterocycles. The number of piperidine rings is 1. The molecular formula is C15H19N3O3. The van der Waals surface area contributed by atoms with E-state index in [9.17, 15) is 10.1 Å². The molecule has 1 aromatic carbocycles. The zero-order valence-corrected chi connectivity index (χ0v) is 11.8. The molecule has 0 unspecified atom stereocenters. The Labute approximate surface area is 122 Å². The molecule has 2 heterocycles. The Bertz CT molecular complexity index is 645. The molecule has 0 saturated carbocycles. The van der Waals surface area contributed by atoms with Crippen LogP contribution < -0.4 is 0 Å². The fourth-order valence-electron chi connectivity index (χ4n) is 3.15. The molecular weight excluding hydrogens is 270 g/mol. The molecule has 6 nitrogen and oxygen atoms in total. The van der Waals surface area contributed by atoms with Crippen molar-refractivity contribution in [2.75, 3.05) is 26.2 Å². The third-order valence-corrected chi connectivity index (χ3v) is 4.28. The number of benzene rings is 1. The summed E-state index contributed by atoms with van der Waals surface area (Å²) in [4.78, 5) is 12.7. The van der Waals surface area contributed by atoms with Crippen molar-refractivity contribution in [3.05, 3.63) is 40.6 Å². The monoisotopic (exact) mass is 289 g/mol. The summed E-state index contributed by atoms with van der Waals surface area (Å²) >= 11 is 0. The van der Waals surface area contributed by atoms with Crippen LogP contribution in [0.15, 0.2) is 30.5 Å². The lowest BCUT2D eigenvalue weighted by atomic mass is 10.0. The minimum Gasteiger partial charge on any atom is -0.395 e. The van der Waals surface area contributed by atoms with Crippen molar-refractivity contribution in [2.24, 2.45) is 0 Å². The minimum absolute atomic E-state index is 0.137. The molecule has 1 aliphatic rings. The molecule has 0 amide bonds. The van der Waals surface area contributed by atoms with Crippen LogP contribution >= 0.6 is 0 Å². The van der Waals surface area contributed by atoms with E-state index in [1.165, 1.54) is 0 Å². The summed E-state index contributed by atoms with van der Waals surface area (Å²) < 4.78 is 2.23. The van der Waals surface area contributed by atoms with Gasteiger partial charge in [0.15, 0.2) is 0 Å². The second-order valence-corrected chi connectivity index (χ2v) is 5.52. The smallest absolute Gasteiger partial charge is 0.270 e. The largest absolute Gasteiger partial charge is 0.395 e. The number of aliphatic hydroxyl groups is 1. The normalized spacial score (nSPS) is 17.4. The SMILES string of the molecule is O=[N+]([O-])c1ccc2c(ccn2C2CCN(CCO)CC2)c1. The van der Waals surface area contributed by atoms with Gasteiger partial charge in [-0.3, -0.25) is 10.1 Å². The van der Waals surface area contributed by atoms with Gasteiger partial charge < -0.3 is 14.6 Å². The van der Waals surface area contributed by atoms with Gasteiger partial charge in [0.1, 0.15) is 0 Å². The summed E-state index contributed by atoms with van der Waals surface area (Å²) in [6, 6.07) is 7.42. The number of nitrogens with zero attached hydrogens (tertiary/aromatic N) is 3. The number of non-ortho nitro benzene ring substituents is 1. The van der Waals surface area contributed by atoms with Crippen LogP contribution in [-0.2, 0) is 0 Å². The van der Waals surface area contributed by atoms with Crippen LogP contribution in [0.4, 0.5) is 5.69 Å².